The number of rotatable bonds is 3. The zero-order valence-electron chi connectivity index (χ0n) is 12.1. The van der Waals surface area contributed by atoms with Crippen LogP contribution in [0, 0.1) is 5.92 Å². The van der Waals surface area contributed by atoms with Gasteiger partial charge in [0.2, 0.25) is 0 Å². The lowest BCUT2D eigenvalue weighted by atomic mass is 9.87. The summed E-state index contributed by atoms with van der Waals surface area (Å²) in [6.45, 7) is 4.61. The summed E-state index contributed by atoms with van der Waals surface area (Å²) in [5, 5.41) is 3.88. The summed E-state index contributed by atoms with van der Waals surface area (Å²) in [5.74, 6) is 0.602. The van der Waals surface area contributed by atoms with Crippen LogP contribution in [0.25, 0.3) is 0 Å². The zero-order valence-corrected chi connectivity index (χ0v) is 12.1. The van der Waals surface area contributed by atoms with Crippen molar-refractivity contribution in [1.29, 1.82) is 0 Å². The average molecular weight is 256 g/mol. The first-order valence-corrected chi connectivity index (χ1v) is 7.36. The molecule has 0 saturated heterocycles. The predicted molar refractivity (Wildman–Crippen MR) is 79.8 cm³/mol. The minimum absolute atomic E-state index is 0.372. The molecule has 1 aliphatic heterocycles. The first-order chi connectivity index (χ1) is 9.13. The molecule has 0 bridgehead atoms. The van der Waals surface area contributed by atoms with Gasteiger partial charge in [0.25, 0.3) is 0 Å². The van der Waals surface area contributed by atoms with E-state index in [0.717, 1.165) is 0 Å². The zero-order chi connectivity index (χ0) is 13.5. The highest BCUT2D eigenvalue weighted by Gasteiger charge is 2.54. The Hall–Kier alpha value is -1.28. The largest absolute Gasteiger partial charge is 0.373 e. The molecular formula is C17H24N2. The van der Waals surface area contributed by atoms with Crippen molar-refractivity contribution in [2.75, 3.05) is 7.05 Å². The van der Waals surface area contributed by atoms with Crippen molar-refractivity contribution >= 4 is 0 Å². The van der Waals surface area contributed by atoms with Crippen LogP contribution in [0.2, 0.25) is 0 Å². The predicted octanol–water partition coefficient (Wildman–Crippen LogP) is 3.33. The lowest BCUT2D eigenvalue weighted by molar-refractivity contribution is 0.172. The Morgan fingerprint density at radius 3 is 2.58 bits per heavy atom. The molecule has 0 radical (unpaired) electrons. The number of benzene rings is 1. The second kappa shape index (κ2) is 4.68. The molecule has 19 heavy (non-hydrogen) atoms. The topological polar surface area (TPSA) is 15.3 Å². The standard InChI is InChI=1S/C17H24N2/c1-13-9-12-19(3)17(10-11-17)16(13)18-14(2)15-7-5-4-6-8-15/h4-9,12-14,16,18H,10-11H2,1-3H3/t13?,14-,16-/m0/s1. The van der Waals surface area contributed by atoms with Gasteiger partial charge >= 0.3 is 0 Å². The van der Waals surface area contributed by atoms with Crippen molar-refractivity contribution in [1.82, 2.24) is 10.2 Å². The van der Waals surface area contributed by atoms with E-state index in [2.05, 4.69) is 73.7 Å². The Bertz CT molecular complexity index is 461. The highest BCUT2D eigenvalue weighted by molar-refractivity contribution is 5.23. The maximum atomic E-state index is 3.88. The van der Waals surface area contributed by atoms with Crippen LogP contribution in [-0.4, -0.2) is 23.5 Å². The summed E-state index contributed by atoms with van der Waals surface area (Å²) >= 11 is 0. The fraction of sp³-hybridized carbons (Fsp3) is 0.529. The van der Waals surface area contributed by atoms with Crippen molar-refractivity contribution in [3.05, 3.63) is 48.2 Å². The molecule has 3 rings (SSSR count). The third kappa shape index (κ3) is 2.18. The van der Waals surface area contributed by atoms with E-state index in [1.54, 1.807) is 0 Å². The van der Waals surface area contributed by atoms with Gasteiger partial charge < -0.3 is 10.2 Å². The monoisotopic (exact) mass is 256 g/mol. The van der Waals surface area contributed by atoms with Crippen LogP contribution in [0.1, 0.15) is 38.3 Å². The highest BCUT2D eigenvalue weighted by atomic mass is 15.2. The Labute approximate surface area is 116 Å². The van der Waals surface area contributed by atoms with Gasteiger partial charge in [-0.3, -0.25) is 0 Å². The molecule has 2 aliphatic rings. The lowest BCUT2D eigenvalue weighted by Crippen LogP contribution is -2.55. The average Bonchev–Trinajstić information content (AvgIpc) is 3.22. The van der Waals surface area contributed by atoms with Crippen LogP contribution in [0.3, 0.4) is 0 Å². The molecule has 102 valence electrons. The lowest BCUT2D eigenvalue weighted by Gasteiger charge is -2.42. The SMILES string of the molecule is CC1C=CN(C)C2(CC2)[C@H]1N[C@@H](C)c1ccccc1. The highest BCUT2D eigenvalue weighted by Crippen LogP contribution is 2.49. The van der Waals surface area contributed by atoms with Crippen molar-refractivity contribution in [3.8, 4) is 0 Å². The quantitative estimate of drug-likeness (QED) is 0.892. The maximum Gasteiger partial charge on any atom is 0.0553 e. The summed E-state index contributed by atoms with van der Waals surface area (Å²) in [6.07, 6.45) is 7.23. The number of nitrogens with one attached hydrogen (secondary N) is 1. The summed E-state index contributed by atoms with van der Waals surface area (Å²) < 4.78 is 0. The van der Waals surface area contributed by atoms with E-state index in [-0.39, 0.29) is 0 Å². The summed E-state index contributed by atoms with van der Waals surface area (Å²) in [6, 6.07) is 11.7. The Morgan fingerprint density at radius 2 is 1.95 bits per heavy atom. The molecule has 1 N–H and O–H groups in total. The number of likely N-dealkylation sites (N-methyl/N-ethyl adjacent to an activating group) is 1. The molecule has 1 fully saturated rings. The summed E-state index contributed by atoms with van der Waals surface area (Å²) in [4.78, 5) is 2.42. The van der Waals surface area contributed by atoms with Gasteiger partial charge in [0.15, 0.2) is 0 Å². The third-order valence-electron chi connectivity index (χ3n) is 4.91. The molecule has 2 nitrogen and oxygen atoms in total. The molecule has 3 atom stereocenters. The van der Waals surface area contributed by atoms with E-state index in [9.17, 15) is 0 Å². The van der Waals surface area contributed by atoms with Crippen LogP contribution < -0.4 is 5.32 Å². The minimum Gasteiger partial charge on any atom is -0.373 e. The minimum atomic E-state index is 0.372. The van der Waals surface area contributed by atoms with Gasteiger partial charge in [0.05, 0.1) is 5.54 Å². The Balaban J connectivity index is 1.77. The Kier molecular flexibility index (Phi) is 3.14. The molecule has 0 amide bonds. The van der Waals surface area contributed by atoms with Gasteiger partial charge in [0.1, 0.15) is 0 Å². The molecule has 0 aromatic heterocycles. The summed E-state index contributed by atoms with van der Waals surface area (Å²) in [7, 11) is 2.22. The Morgan fingerprint density at radius 1 is 1.26 bits per heavy atom. The van der Waals surface area contributed by atoms with Crippen molar-refractivity contribution < 1.29 is 0 Å². The van der Waals surface area contributed by atoms with E-state index in [4.69, 9.17) is 0 Å². The van der Waals surface area contributed by atoms with Crippen molar-refractivity contribution in [2.24, 2.45) is 5.92 Å². The third-order valence-corrected chi connectivity index (χ3v) is 4.91. The van der Waals surface area contributed by atoms with Gasteiger partial charge in [-0.1, -0.05) is 43.3 Å². The molecule has 1 heterocycles. The fourth-order valence-corrected chi connectivity index (χ4v) is 3.44. The molecule has 1 spiro atoms. The molecule has 1 aromatic carbocycles. The fourth-order valence-electron chi connectivity index (χ4n) is 3.44. The van der Waals surface area contributed by atoms with Crippen LogP contribution >= 0.6 is 0 Å². The van der Waals surface area contributed by atoms with Gasteiger partial charge in [-0.25, -0.2) is 0 Å². The smallest absolute Gasteiger partial charge is 0.0553 e. The van der Waals surface area contributed by atoms with Crippen molar-refractivity contribution in [3.63, 3.8) is 0 Å². The van der Waals surface area contributed by atoms with E-state index in [0.29, 0.717) is 23.5 Å². The van der Waals surface area contributed by atoms with Gasteiger partial charge in [0, 0.05) is 19.1 Å². The van der Waals surface area contributed by atoms with Crippen LogP contribution in [0.4, 0.5) is 0 Å². The molecule has 1 saturated carbocycles. The molecular weight excluding hydrogens is 232 g/mol. The molecule has 1 aliphatic carbocycles. The maximum absolute atomic E-state index is 3.88. The van der Waals surface area contributed by atoms with E-state index < -0.39 is 0 Å². The number of hydrogen-bond acceptors (Lipinski definition) is 2. The first-order valence-electron chi connectivity index (χ1n) is 7.36. The van der Waals surface area contributed by atoms with Crippen molar-refractivity contribution in [2.45, 2.75) is 44.3 Å². The second-order valence-corrected chi connectivity index (χ2v) is 6.19. The van der Waals surface area contributed by atoms with Gasteiger partial charge in [-0.15, -0.1) is 0 Å². The van der Waals surface area contributed by atoms with Gasteiger partial charge in [-0.05, 0) is 37.4 Å². The van der Waals surface area contributed by atoms with E-state index in [1.165, 1.54) is 18.4 Å². The second-order valence-electron chi connectivity index (χ2n) is 6.19. The van der Waals surface area contributed by atoms with Gasteiger partial charge in [-0.2, -0.15) is 0 Å². The van der Waals surface area contributed by atoms with E-state index in [1.807, 2.05) is 0 Å². The van der Waals surface area contributed by atoms with Crippen LogP contribution in [-0.2, 0) is 0 Å². The molecule has 1 unspecified atom stereocenters. The van der Waals surface area contributed by atoms with E-state index >= 15 is 0 Å². The normalized spacial score (nSPS) is 29.5. The number of nitrogens with zero attached hydrogens (tertiary/aromatic N) is 1. The first kappa shape index (κ1) is 12.7. The molecule has 2 heteroatoms. The van der Waals surface area contributed by atoms with Crippen LogP contribution in [0.15, 0.2) is 42.6 Å². The van der Waals surface area contributed by atoms with Crippen LogP contribution in [0.5, 0.6) is 0 Å². The summed E-state index contributed by atoms with van der Waals surface area (Å²) in [5.41, 5.74) is 1.75. The molecule has 1 aromatic rings. The number of hydrogen-bond donors (Lipinski definition) is 1.